The van der Waals surface area contributed by atoms with E-state index in [4.69, 9.17) is 0 Å². The Morgan fingerprint density at radius 2 is 1.14 bits per heavy atom. The van der Waals surface area contributed by atoms with E-state index in [1.54, 1.807) is 0 Å². The average molecular weight is 551 g/mol. The fourth-order valence-corrected chi connectivity index (χ4v) is 7.56. The molecule has 0 amide bonds. The lowest BCUT2D eigenvalue weighted by atomic mass is 9.85. The maximum Gasteiger partial charge on any atom is 0.0544 e. The quantitative estimate of drug-likeness (QED) is 0.207. The van der Waals surface area contributed by atoms with Crippen molar-refractivity contribution in [3.63, 3.8) is 0 Å². The number of hydrogen-bond donors (Lipinski definition) is 0. The SMILES string of the molecule is CC1(C)c2ccccc2-c2c1n(-c1ccc3c(c1)c1ccccc1n3-c1ccccc1)c1cc(-c3ccccc3)ccc21. The molecule has 0 atom stereocenters. The van der Waals surface area contributed by atoms with Crippen LogP contribution in [0.2, 0.25) is 0 Å². The lowest BCUT2D eigenvalue weighted by Crippen LogP contribution is -2.19. The summed E-state index contributed by atoms with van der Waals surface area (Å²) in [4.78, 5) is 0. The molecule has 1 aliphatic rings. The summed E-state index contributed by atoms with van der Waals surface area (Å²) in [6.07, 6.45) is 0. The number of para-hydroxylation sites is 2. The maximum absolute atomic E-state index is 2.55. The van der Waals surface area contributed by atoms with Gasteiger partial charge in [0.25, 0.3) is 0 Å². The van der Waals surface area contributed by atoms with Crippen molar-refractivity contribution >= 4 is 32.7 Å². The Labute approximate surface area is 251 Å². The first kappa shape index (κ1) is 24.3. The lowest BCUT2D eigenvalue weighted by Gasteiger charge is -2.25. The third-order valence-corrected chi connectivity index (χ3v) is 9.47. The van der Waals surface area contributed by atoms with E-state index in [9.17, 15) is 0 Å². The molecular formula is C41H30N2. The van der Waals surface area contributed by atoms with Crippen molar-refractivity contribution in [3.05, 3.63) is 157 Å². The van der Waals surface area contributed by atoms with Crippen molar-refractivity contribution in [2.45, 2.75) is 19.3 Å². The summed E-state index contributed by atoms with van der Waals surface area (Å²) in [7, 11) is 0. The monoisotopic (exact) mass is 550 g/mol. The van der Waals surface area contributed by atoms with Gasteiger partial charge < -0.3 is 9.13 Å². The van der Waals surface area contributed by atoms with Gasteiger partial charge in [-0.25, -0.2) is 0 Å². The molecule has 8 aromatic rings. The maximum atomic E-state index is 2.55. The van der Waals surface area contributed by atoms with Crippen molar-refractivity contribution in [2.75, 3.05) is 0 Å². The van der Waals surface area contributed by atoms with Gasteiger partial charge in [0, 0.05) is 44.2 Å². The second-order valence-electron chi connectivity index (χ2n) is 12.2. The molecule has 0 bridgehead atoms. The Bertz CT molecular complexity index is 2350. The molecule has 0 fully saturated rings. The third kappa shape index (κ3) is 3.35. The molecule has 1 aliphatic carbocycles. The predicted octanol–water partition coefficient (Wildman–Crippen LogP) is 10.7. The Morgan fingerprint density at radius 1 is 0.442 bits per heavy atom. The number of fused-ring (bicyclic) bond motifs is 8. The molecule has 9 rings (SSSR count). The van der Waals surface area contributed by atoms with Crippen LogP contribution in [0.5, 0.6) is 0 Å². The van der Waals surface area contributed by atoms with Crippen molar-refractivity contribution in [1.29, 1.82) is 0 Å². The molecule has 0 aliphatic heterocycles. The van der Waals surface area contributed by atoms with Crippen LogP contribution in [0.25, 0.3) is 66.3 Å². The first-order valence-corrected chi connectivity index (χ1v) is 15.0. The van der Waals surface area contributed by atoms with Gasteiger partial charge >= 0.3 is 0 Å². The van der Waals surface area contributed by atoms with Crippen LogP contribution >= 0.6 is 0 Å². The minimum Gasteiger partial charge on any atom is -0.312 e. The Morgan fingerprint density at radius 3 is 1.98 bits per heavy atom. The van der Waals surface area contributed by atoms with Gasteiger partial charge in [-0.3, -0.25) is 0 Å². The minimum absolute atomic E-state index is 0.148. The summed E-state index contributed by atoms with van der Waals surface area (Å²) in [5, 5.41) is 3.84. The standard InChI is InChI=1S/C41H30N2/c1-41(2)35-19-11-9-18-32(35)39-33-23-21-28(27-13-5-3-6-14-27)25-38(33)43(40(39)41)30-22-24-37-34(26-30)31-17-10-12-20-36(31)42(37)29-15-7-4-8-16-29/h3-26H,1-2H3. The number of aromatic nitrogens is 2. The van der Waals surface area contributed by atoms with Crippen LogP contribution in [0.1, 0.15) is 25.1 Å². The summed E-state index contributed by atoms with van der Waals surface area (Å²) in [5.41, 5.74) is 13.9. The minimum atomic E-state index is -0.148. The van der Waals surface area contributed by atoms with E-state index >= 15 is 0 Å². The van der Waals surface area contributed by atoms with E-state index in [0.717, 1.165) is 0 Å². The zero-order valence-electron chi connectivity index (χ0n) is 24.3. The molecule has 2 aromatic heterocycles. The lowest BCUT2D eigenvalue weighted by molar-refractivity contribution is 0.624. The Balaban J connectivity index is 1.38. The van der Waals surface area contributed by atoms with Crippen LogP contribution in [0.4, 0.5) is 0 Å². The molecular weight excluding hydrogens is 520 g/mol. The predicted molar refractivity (Wildman–Crippen MR) is 181 cm³/mol. The molecule has 0 unspecified atom stereocenters. The zero-order valence-corrected chi connectivity index (χ0v) is 24.3. The van der Waals surface area contributed by atoms with Gasteiger partial charge in [-0.05, 0) is 64.7 Å². The van der Waals surface area contributed by atoms with Crippen LogP contribution in [-0.2, 0) is 5.41 Å². The van der Waals surface area contributed by atoms with E-state index < -0.39 is 0 Å². The van der Waals surface area contributed by atoms with Crippen molar-refractivity contribution in [2.24, 2.45) is 0 Å². The summed E-state index contributed by atoms with van der Waals surface area (Å²) in [6.45, 7) is 4.76. The second-order valence-corrected chi connectivity index (χ2v) is 12.2. The normalized spacial score (nSPS) is 13.5. The molecule has 0 radical (unpaired) electrons. The molecule has 0 saturated heterocycles. The largest absolute Gasteiger partial charge is 0.312 e. The molecule has 43 heavy (non-hydrogen) atoms. The summed E-state index contributed by atoms with van der Waals surface area (Å²) >= 11 is 0. The second kappa shape index (κ2) is 8.83. The van der Waals surface area contributed by atoms with Crippen molar-refractivity contribution in [3.8, 4) is 33.6 Å². The van der Waals surface area contributed by atoms with Gasteiger partial charge in [0.2, 0.25) is 0 Å². The molecule has 0 N–H and O–H groups in total. The highest BCUT2D eigenvalue weighted by Crippen LogP contribution is 2.54. The highest BCUT2D eigenvalue weighted by atomic mass is 15.0. The number of nitrogens with zero attached hydrogens (tertiary/aromatic N) is 2. The summed E-state index contributed by atoms with van der Waals surface area (Å²) in [6, 6.07) is 53.2. The van der Waals surface area contributed by atoms with Crippen molar-refractivity contribution in [1.82, 2.24) is 9.13 Å². The first-order chi connectivity index (χ1) is 21.1. The summed E-state index contributed by atoms with van der Waals surface area (Å²) in [5.74, 6) is 0. The van der Waals surface area contributed by atoms with Crippen LogP contribution in [0, 0.1) is 0 Å². The van der Waals surface area contributed by atoms with Gasteiger partial charge in [-0.1, -0.05) is 117 Å². The highest BCUT2D eigenvalue weighted by Gasteiger charge is 2.40. The van der Waals surface area contributed by atoms with E-state index in [0.29, 0.717) is 0 Å². The smallest absolute Gasteiger partial charge is 0.0544 e. The molecule has 2 heterocycles. The van der Waals surface area contributed by atoms with Gasteiger partial charge in [0.05, 0.1) is 16.6 Å². The zero-order chi connectivity index (χ0) is 28.7. The number of benzene rings is 6. The van der Waals surface area contributed by atoms with Crippen molar-refractivity contribution < 1.29 is 0 Å². The number of rotatable bonds is 3. The van der Waals surface area contributed by atoms with Gasteiger partial charge in [-0.2, -0.15) is 0 Å². The fraction of sp³-hybridized carbons (Fsp3) is 0.0732. The Hall–Kier alpha value is -5.34. The molecule has 6 aromatic carbocycles. The topological polar surface area (TPSA) is 9.86 Å². The van der Waals surface area contributed by atoms with Gasteiger partial charge in [0.15, 0.2) is 0 Å². The van der Waals surface area contributed by atoms with E-state index in [1.165, 1.54) is 77.6 Å². The molecule has 204 valence electrons. The van der Waals surface area contributed by atoms with Gasteiger partial charge in [-0.15, -0.1) is 0 Å². The summed E-state index contributed by atoms with van der Waals surface area (Å²) < 4.78 is 4.94. The number of hydrogen-bond acceptors (Lipinski definition) is 0. The fourth-order valence-electron chi connectivity index (χ4n) is 7.56. The van der Waals surface area contributed by atoms with E-state index in [1.807, 2.05) is 0 Å². The molecule has 2 heteroatoms. The molecule has 0 saturated carbocycles. The van der Waals surface area contributed by atoms with E-state index in [-0.39, 0.29) is 5.41 Å². The van der Waals surface area contributed by atoms with Crippen LogP contribution < -0.4 is 0 Å². The third-order valence-electron chi connectivity index (χ3n) is 9.47. The van der Waals surface area contributed by atoms with Crippen LogP contribution in [0.15, 0.2) is 146 Å². The molecule has 2 nitrogen and oxygen atoms in total. The van der Waals surface area contributed by atoms with E-state index in [2.05, 4.69) is 169 Å². The molecule has 0 spiro atoms. The van der Waals surface area contributed by atoms with Crippen LogP contribution in [-0.4, -0.2) is 9.13 Å². The highest BCUT2D eigenvalue weighted by molar-refractivity contribution is 6.10. The Kier molecular flexibility index (Phi) is 4.99. The average Bonchev–Trinajstić information content (AvgIpc) is 3.66. The van der Waals surface area contributed by atoms with Crippen LogP contribution in [0.3, 0.4) is 0 Å². The first-order valence-electron chi connectivity index (χ1n) is 15.0. The van der Waals surface area contributed by atoms with Gasteiger partial charge in [0.1, 0.15) is 0 Å².